The van der Waals surface area contributed by atoms with Crippen molar-refractivity contribution in [2.45, 2.75) is 31.0 Å². The molecule has 29 heavy (non-hydrogen) atoms. The normalized spacial score (nSPS) is 20.2. The molecule has 0 amide bonds. The smallest absolute Gasteiger partial charge is 0.338 e. The number of carbonyl (C=O) groups excluding carboxylic acids is 1. The Hall–Kier alpha value is -2.42. The van der Waals surface area contributed by atoms with E-state index in [1.165, 1.54) is 28.6 Å². The molecule has 7 nitrogen and oxygen atoms in total. The second kappa shape index (κ2) is 9.39. The summed E-state index contributed by atoms with van der Waals surface area (Å²) in [5, 5.41) is 0. The summed E-state index contributed by atoms with van der Waals surface area (Å²) in [5.41, 5.74) is 0.181. The van der Waals surface area contributed by atoms with Crippen molar-refractivity contribution in [2.75, 3.05) is 26.3 Å². The van der Waals surface area contributed by atoms with Crippen molar-refractivity contribution in [1.29, 1.82) is 0 Å². The van der Waals surface area contributed by atoms with Crippen molar-refractivity contribution in [3.8, 4) is 5.75 Å². The van der Waals surface area contributed by atoms with E-state index in [0.29, 0.717) is 5.75 Å². The number of benzene rings is 2. The second-order valence-electron chi connectivity index (χ2n) is 6.90. The van der Waals surface area contributed by atoms with E-state index in [2.05, 4.69) is 0 Å². The topological polar surface area (TPSA) is 82.1 Å². The summed E-state index contributed by atoms with van der Waals surface area (Å²) in [6.07, 6.45) is -0.377. The van der Waals surface area contributed by atoms with Crippen molar-refractivity contribution in [1.82, 2.24) is 4.31 Å². The Bertz CT molecular complexity index is 921. The van der Waals surface area contributed by atoms with E-state index in [1.54, 1.807) is 0 Å². The van der Waals surface area contributed by atoms with Crippen LogP contribution >= 0.6 is 0 Å². The van der Waals surface area contributed by atoms with Crippen LogP contribution in [0.1, 0.15) is 24.2 Å². The molecule has 0 saturated carbocycles. The zero-order valence-corrected chi connectivity index (χ0v) is 17.3. The highest BCUT2D eigenvalue weighted by Crippen LogP contribution is 2.22. The third-order valence-electron chi connectivity index (χ3n) is 4.42. The van der Waals surface area contributed by atoms with Crippen LogP contribution in [0.3, 0.4) is 0 Å². The van der Waals surface area contributed by atoms with Gasteiger partial charge in [0.1, 0.15) is 19.0 Å². The van der Waals surface area contributed by atoms with Crippen molar-refractivity contribution in [3.05, 3.63) is 60.2 Å². The third-order valence-corrected chi connectivity index (χ3v) is 6.25. The highest BCUT2D eigenvalue weighted by molar-refractivity contribution is 7.89. The predicted octanol–water partition coefficient (Wildman–Crippen LogP) is 2.72. The van der Waals surface area contributed by atoms with E-state index in [-0.39, 0.29) is 49.0 Å². The van der Waals surface area contributed by atoms with Crippen LogP contribution < -0.4 is 4.74 Å². The van der Waals surface area contributed by atoms with Crippen LogP contribution in [0.5, 0.6) is 5.75 Å². The van der Waals surface area contributed by atoms with Gasteiger partial charge in [-0.1, -0.05) is 24.3 Å². The molecule has 1 fully saturated rings. The van der Waals surface area contributed by atoms with Crippen LogP contribution in [-0.2, 0) is 19.5 Å². The van der Waals surface area contributed by atoms with Crippen LogP contribution in [0.15, 0.2) is 59.5 Å². The number of sulfonamides is 1. The first-order valence-corrected chi connectivity index (χ1v) is 10.9. The highest BCUT2D eigenvalue weighted by Gasteiger charge is 2.32. The molecule has 0 radical (unpaired) electrons. The molecule has 1 aliphatic rings. The average molecular weight is 419 g/mol. The number of morpholine rings is 1. The first-order valence-electron chi connectivity index (χ1n) is 9.47. The van der Waals surface area contributed by atoms with Crippen molar-refractivity contribution in [3.63, 3.8) is 0 Å². The molecule has 2 aromatic carbocycles. The van der Waals surface area contributed by atoms with E-state index in [9.17, 15) is 13.2 Å². The summed E-state index contributed by atoms with van der Waals surface area (Å²) in [4.78, 5) is 12.4. The standard InChI is InChI=1S/C21H25NO6S/c1-16-14-22(15-17(2)28-16)29(24,25)20-10-6-7-18(13-20)21(23)27-12-11-26-19-8-4-3-5-9-19/h3-10,13,16-17H,11-12,14-15H2,1-2H3/t16-,17-/m0/s1. The monoisotopic (exact) mass is 419 g/mol. The van der Waals surface area contributed by atoms with Gasteiger partial charge in [0, 0.05) is 13.1 Å². The van der Waals surface area contributed by atoms with Gasteiger partial charge in [-0.2, -0.15) is 4.31 Å². The van der Waals surface area contributed by atoms with Gasteiger partial charge in [0.05, 0.1) is 22.7 Å². The minimum absolute atomic E-state index is 0.0587. The highest BCUT2D eigenvalue weighted by atomic mass is 32.2. The molecule has 0 spiro atoms. The number of rotatable bonds is 7. The van der Waals surface area contributed by atoms with Gasteiger partial charge in [-0.05, 0) is 44.2 Å². The molecule has 2 atom stereocenters. The lowest BCUT2D eigenvalue weighted by Crippen LogP contribution is -2.48. The van der Waals surface area contributed by atoms with Crippen LogP contribution in [-0.4, -0.2) is 57.2 Å². The number of hydrogen-bond donors (Lipinski definition) is 0. The number of hydrogen-bond acceptors (Lipinski definition) is 6. The lowest BCUT2D eigenvalue weighted by molar-refractivity contribution is -0.0440. The van der Waals surface area contributed by atoms with Gasteiger partial charge < -0.3 is 14.2 Å². The fourth-order valence-electron chi connectivity index (χ4n) is 3.15. The molecule has 0 N–H and O–H groups in total. The Kier molecular flexibility index (Phi) is 6.89. The zero-order valence-electron chi connectivity index (χ0n) is 16.5. The molecule has 0 unspecified atom stereocenters. The molecule has 3 rings (SSSR count). The Balaban J connectivity index is 1.61. The first kappa shape index (κ1) is 21.3. The van der Waals surface area contributed by atoms with E-state index >= 15 is 0 Å². The van der Waals surface area contributed by atoms with Gasteiger partial charge in [-0.15, -0.1) is 0 Å². The van der Waals surface area contributed by atoms with Gasteiger partial charge in [0.25, 0.3) is 0 Å². The molecule has 1 aliphatic heterocycles. The molecule has 0 bridgehead atoms. The molecule has 156 valence electrons. The average Bonchev–Trinajstić information content (AvgIpc) is 2.71. The molecular weight excluding hydrogens is 394 g/mol. The summed E-state index contributed by atoms with van der Waals surface area (Å²) in [6, 6.07) is 15.1. The quantitative estimate of drug-likeness (QED) is 0.507. The Morgan fingerprint density at radius 3 is 2.41 bits per heavy atom. The predicted molar refractivity (Wildman–Crippen MR) is 107 cm³/mol. The van der Waals surface area contributed by atoms with Crippen molar-refractivity contribution < 1.29 is 27.4 Å². The van der Waals surface area contributed by atoms with Crippen molar-refractivity contribution >= 4 is 16.0 Å². The second-order valence-corrected chi connectivity index (χ2v) is 8.84. The minimum atomic E-state index is -3.72. The van der Waals surface area contributed by atoms with Crippen LogP contribution in [0.4, 0.5) is 0 Å². The van der Waals surface area contributed by atoms with E-state index in [1.807, 2.05) is 44.2 Å². The first-order chi connectivity index (χ1) is 13.9. The maximum Gasteiger partial charge on any atom is 0.338 e. The summed E-state index contributed by atoms with van der Waals surface area (Å²) in [7, 11) is -3.72. The number of para-hydroxylation sites is 1. The molecular formula is C21H25NO6S. The Morgan fingerprint density at radius 2 is 1.72 bits per heavy atom. The number of carbonyl (C=O) groups is 1. The summed E-state index contributed by atoms with van der Waals surface area (Å²) in [6.45, 7) is 4.49. The maximum absolute atomic E-state index is 13.0. The molecule has 2 aromatic rings. The Labute approximate surface area is 171 Å². The minimum Gasteiger partial charge on any atom is -0.490 e. The number of nitrogens with zero attached hydrogens (tertiary/aromatic N) is 1. The lowest BCUT2D eigenvalue weighted by Gasteiger charge is -2.34. The van der Waals surface area contributed by atoms with Gasteiger partial charge in [0.2, 0.25) is 10.0 Å². The third kappa shape index (κ3) is 5.56. The van der Waals surface area contributed by atoms with Gasteiger partial charge in [0.15, 0.2) is 0 Å². The van der Waals surface area contributed by atoms with Gasteiger partial charge in [-0.25, -0.2) is 13.2 Å². The van der Waals surface area contributed by atoms with Crippen LogP contribution in [0, 0.1) is 0 Å². The molecule has 0 aliphatic carbocycles. The number of esters is 1. The summed E-state index contributed by atoms with van der Waals surface area (Å²) >= 11 is 0. The van der Waals surface area contributed by atoms with Crippen LogP contribution in [0.2, 0.25) is 0 Å². The SMILES string of the molecule is C[C@H]1CN(S(=O)(=O)c2cccc(C(=O)OCCOc3ccccc3)c2)C[C@H](C)O1. The summed E-state index contributed by atoms with van der Waals surface area (Å²) in [5.74, 6) is 0.0908. The maximum atomic E-state index is 13.0. The molecule has 8 heteroatoms. The molecule has 0 aromatic heterocycles. The van der Waals surface area contributed by atoms with Gasteiger partial charge >= 0.3 is 5.97 Å². The van der Waals surface area contributed by atoms with Gasteiger partial charge in [-0.3, -0.25) is 0 Å². The van der Waals surface area contributed by atoms with E-state index < -0.39 is 16.0 Å². The zero-order chi connectivity index (χ0) is 20.9. The molecule has 1 saturated heterocycles. The Morgan fingerprint density at radius 1 is 1.03 bits per heavy atom. The fraction of sp³-hybridized carbons (Fsp3) is 0.381. The summed E-state index contributed by atoms with van der Waals surface area (Å²) < 4.78 is 43.6. The largest absolute Gasteiger partial charge is 0.490 e. The number of ether oxygens (including phenoxy) is 3. The van der Waals surface area contributed by atoms with Crippen LogP contribution in [0.25, 0.3) is 0 Å². The van der Waals surface area contributed by atoms with E-state index in [4.69, 9.17) is 14.2 Å². The van der Waals surface area contributed by atoms with Crippen molar-refractivity contribution in [2.24, 2.45) is 0 Å². The lowest BCUT2D eigenvalue weighted by atomic mass is 10.2. The fourth-order valence-corrected chi connectivity index (χ4v) is 4.79. The van der Waals surface area contributed by atoms with E-state index in [0.717, 1.165) is 0 Å². The molecule has 1 heterocycles.